The van der Waals surface area contributed by atoms with E-state index < -0.39 is 0 Å². The van der Waals surface area contributed by atoms with E-state index in [1.54, 1.807) is 25.3 Å². The topological polar surface area (TPSA) is 36.7 Å². The van der Waals surface area contributed by atoms with Crippen molar-refractivity contribution in [3.63, 3.8) is 0 Å². The summed E-state index contributed by atoms with van der Waals surface area (Å²) in [6.07, 6.45) is 1.74. The molecule has 0 radical (unpaired) electrons. The monoisotopic (exact) mass is 242 g/mol. The van der Waals surface area contributed by atoms with Crippen LogP contribution >= 0.6 is 0 Å². The van der Waals surface area contributed by atoms with Gasteiger partial charge in [-0.15, -0.1) is 0 Å². The maximum Gasteiger partial charge on any atom is 0.126 e. The number of pyridine rings is 1. The lowest BCUT2D eigenvalue weighted by Gasteiger charge is -2.09. The van der Waals surface area contributed by atoms with Gasteiger partial charge in [0, 0.05) is 11.8 Å². The summed E-state index contributed by atoms with van der Waals surface area (Å²) in [5.41, 5.74) is 4.08. The SMILES string of the molecule is Cc1cnc(C(=N)c2cccc(F)c2C)cc1C. The zero-order chi connectivity index (χ0) is 13.3. The number of nitrogens with one attached hydrogen (secondary N) is 1. The first-order valence-corrected chi connectivity index (χ1v) is 5.78. The number of rotatable bonds is 2. The maximum absolute atomic E-state index is 13.5. The molecule has 0 aliphatic carbocycles. The van der Waals surface area contributed by atoms with Crippen LogP contribution in [-0.2, 0) is 0 Å². The highest BCUT2D eigenvalue weighted by Crippen LogP contribution is 2.17. The molecular formula is C15H15FN2. The molecule has 0 aliphatic rings. The summed E-state index contributed by atoms with van der Waals surface area (Å²) < 4.78 is 13.5. The van der Waals surface area contributed by atoms with Gasteiger partial charge in [-0.3, -0.25) is 10.4 Å². The Balaban J connectivity index is 2.48. The molecule has 2 aromatic rings. The summed E-state index contributed by atoms with van der Waals surface area (Å²) in [6, 6.07) is 6.63. The van der Waals surface area contributed by atoms with Crippen molar-refractivity contribution in [1.29, 1.82) is 5.41 Å². The fraction of sp³-hybridized carbons (Fsp3) is 0.200. The number of halogens is 1. The molecule has 0 saturated heterocycles. The summed E-state index contributed by atoms with van der Waals surface area (Å²) in [7, 11) is 0. The highest BCUT2D eigenvalue weighted by atomic mass is 19.1. The van der Waals surface area contributed by atoms with Crippen molar-refractivity contribution in [3.8, 4) is 0 Å². The Bertz CT molecular complexity index is 618. The van der Waals surface area contributed by atoms with Crippen molar-refractivity contribution in [1.82, 2.24) is 4.98 Å². The number of benzene rings is 1. The van der Waals surface area contributed by atoms with Gasteiger partial charge in [-0.05, 0) is 49.6 Å². The van der Waals surface area contributed by atoms with Gasteiger partial charge in [0.25, 0.3) is 0 Å². The molecule has 0 saturated carbocycles. The Morgan fingerprint density at radius 2 is 1.89 bits per heavy atom. The maximum atomic E-state index is 13.5. The molecular weight excluding hydrogens is 227 g/mol. The van der Waals surface area contributed by atoms with Gasteiger partial charge in [0.15, 0.2) is 0 Å². The van der Waals surface area contributed by atoms with Gasteiger partial charge in [-0.25, -0.2) is 4.39 Å². The van der Waals surface area contributed by atoms with Crippen molar-refractivity contribution < 1.29 is 4.39 Å². The quantitative estimate of drug-likeness (QED) is 0.803. The Hall–Kier alpha value is -2.03. The van der Waals surface area contributed by atoms with E-state index in [9.17, 15) is 4.39 Å². The van der Waals surface area contributed by atoms with E-state index in [1.807, 2.05) is 19.9 Å². The van der Waals surface area contributed by atoms with Crippen molar-refractivity contribution >= 4 is 5.71 Å². The second kappa shape index (κ2) is 4.69. The van der Waals surface area contributed by atoms with Crippen molar-refractivity contribution in [2.75, 3.05) is 0 Å². The lowest BCUT2D eigenvalue weighted by molar-refractivity contribution is 0.618. The molecule has 92 valence electrons. The third kappa shape index (κ3) is 2.16. The first-order chi connectivity index (χ1) is 8.50. The third-order valence-corrected chi connectivity index (χ3v) is 3.17. The molecule has 0 unspecified atom stereocenters. The van der Waals surface area contributed by atoms with E-state index >= 15 is 0 Å². The Morgan fingerprint density at radius 3 is 2.56 bits per heavy atom. The molecule has 3 heteroatoms. The van der Waals surface area contributed by atoms with E-state index in [2.05, 4.69) is 4.98 Å². The third-order valence-electron chi connectivity index (χ3n) is 3.17. The summed E-state index contributed by atoms with van der Waals surface area (Å²) in [6.45, 7) is 5.63. The molecule has 0 amide bonds. The molecule has 2 rings (SSSR count). The summed E-state index contributed by atoms with van der Waals surface area (Å²) in [4.78, 5) is 4.24. The Morgan fingerprint density at radius 1 is 1.17 bits per heavy atom. The lowest BCUT2D eigenvalue weighted by atomic mass is 10.00. The fourth-order valence-electron chi connectivity index (χ4n) is 1.78. The Kier molecular flexibility index (Phi) is 3.24. The zero-order valence-electron chi connectivity index (χ0n) is 10.7. The number of aromatic nitrogens is 1. The van der Waals surface area contributed by atoms with Crippen LogP contribution < -0.4 is 0 Å². The average Bonchev–Trinajstić information content (AvgIpc) is 2.35. The van der Waals surface area contributed by atoms with E-state index in [-0.39, 0.29) is 11.5 Å². The van der Waals surface area contributed by atoms with E-state index in [0.717, 1.165) is 11.1 Å². The smallest absolute Gasteiger partial charge is 0.126 e. The molecule has 1 N–H and O–H groups in total. The number of aryl methyl sites for hydroxylation is 2. The normalized spacial score (nSPS) is 10.4. The second-order valence-electron chi connectivity index (χ2n) is 4.44. The van der Waals surface area contributed by atoms with E-state index in [1.165, 1.54) is 6.07 Å². The van der Waals surface area contributed by atoms with Gasteiger partial charge >= 0.3 is 0 Å². The van der Waals surface area contributed by atoms with Crippen molar-refractivity contribution in [2.45, 2.75) is 20.8 Å². The van der Waals surface area contributed by atoms with Gasteiger partial charge in [-0.1, -0.05) is 12.1 Å². The second-order valence-corrected chi connectivity index (χ2v) is 4.44. The van der Waals surface area contributed by atoms with Crippen LogP contribution in [0.2, 0.25) is 0 Å². The van der Waals surface area contributed by atoms with Gasteiger partial charge < -0.3 is 0 Å². The van der Waals surface area contributed by atoms with Gasteiger partial charge in [0.1, 0.15) is 5.82 Å². The molecule has 1 aromatic heterocycles. The fourth-order valence-corrected chi connectivity index (χ4v) is 1.78. The van der Waals surface area contributed by atoms with Crippen molar-refractivity contribution in [2.24, 2.45) is 0 Å². The molecule has 1 heterocycles. The predicted molar refractivity (Wildman–Crippen MR) is 70.8 cm³/mol. The zero-order valence-corrected chi connectivity index (χ0v) is 10.7. The average molecular weight is 242 g/mol. The molecule has 18 heavy (non-hydrogen) atoms. The summed E-state index contributed by atoms with van der Waals surface area (Å²) in [5, 5.41) is 8.15. The molecule has 0 aliphatic heterocycles. The van der Waals surface area contributed by atoms with Crippen LogP contribution in [0, 0.1) is 32.0 Å². The standard InChI is InChI=1S/C15H15FN2/c1-9-7-14(18-8-10(9)2)15(17)12-5-4-6-13(16)11(12)3/h4-8,17H,1-3H3. The van der Waals surface area contributed by atoms with Crippen LogP contribution in [0.15, 0.2) is 30.5 Å². The summed E-state index contributed by atoms with van der Waals surface area (Å²) >= 11 is 0. The van der Waals surface area contributed by atoms with Crippen LogP contribution in [0.25, 0.3) is 0 Å². The van der Waals surface area contributed by atoms with Crippen LogP contribution in [-0.4, -0.2) is 10.7 Å². The minimum Gasteiger partial charge on any atom is -0.298 e. The lowest BCUT2D eigenvalue weighted by Crippen LogP contribution is -2.08. The number of hydrogen-bond donors (Lipinski definition) is 1. The minimum atomic E-state index is -0.291. The summed E-state index contributed by atoms with van der Waals surface area (Å²) in [5.74, 6) is -0.291. The predicted octanol–water partition coefficient (Wildman–Crippen LogP) is 3.56. The first kappa shape index (κ1) is 12.4. The Labute approximate surface area is 106 Å². The van der Waals surface area contributed by atoms with Crippen LogP contribution in [0.1, 0.15) is 27.9 Å². The molecule has 0 bridgehead atoms. The number of hydrogen-bond acceptors (Lipinski definition) is 2. The van der Waals surface area contributed by atoms with Gasteiger partial charge in [-0.2, -0.15) is 0 Å². The molecule has 0 spiro atoms. The number of nitrogens with zero attached hydrogens (tertiary/aromatic N) is 1. The molecule has 0 atom stereocenters. The molecule has 2 nitrogen and oxygen atoms in total. The largest absolute Gasteiger partial charge is 0.298 e. The highest BCUT2D eigenvalue weighted by molar-refractivity contribution is 6.10. The molecule has 1 aromatic carbocycles. The van der Waals surface area contributed by atoms with Gasteiger partial charge in [0.05, 0.1) is 11.4 Å². The highest BCUT2D eigenvalue weighted by Gasteiger charge is 2.12. The first-order valence-electron chi connectivity index (χ1n) is 5.78. The van der Waals surface area contributed by atoms with E-state index in [0.29, 0.717) is 16.8 Å². The minimum absolute atomic E-state index is 0.259. The van der Waals surface area contributed by atoms with Crippen LogP contribution in [0.4, 0.5) is 4.39 Å². The van der Waals surface area contributed by atoms with E-state index in [4.69, 9.17) is 5.41 Å². The van der Waals surface area contributed by atoms with Crippen molar-refractivity contribution in [3.05, 3.63) is 64.2 Å². The molecule has 0 fully saturated rings. The van der Waals surface area contributed by atoms with Crippen LogP contribution in [0.5, 0.6) is 0 Å². The van der Waals surface area contributed by atoms with Crippen LogP contribution in [0.3, 0.4) is 0 Å². The van der Waals surface area contributed by atoms with Gasteiger partial charge in [0.2, 0.25) is 0 Å².